The van der Waals surface area contributed by atoms with Crippen molar-refractivity contribution in [1.29, 1.82) is 0 Å². The summed E-state index contributed by atoms with van der Waals surface area (Å²) in [7, 11) is 0. The fraction of sp³-hybridized carbons (Fsp3) is 0.643. The Morgan fingerprint density at radius 1 is 1.06 bits per heavy atom. The molecule has 7 nitrogen and oxygen atoms in total. The molecule has 198 valence electrons. The van der Waals surface area contributed by atoms with Gasteiger partial charge in [0, 0.05) is 31.0 Å². The van der Waals surface area contributed by atoms with Crippen LogP contribution in [0.5, 0.6) is 5.75 Å². The van der Waals surface area contributed by atoms with Crippen LogP contribution in [0.15, 0.2) is 35.9 Å². The molecule has 0 saturated heterocycles. The molecule has 0 bridgehead atoms. The van der Waals surface area contributed by atoms with Gasteiger partial charge < -0.3 is 25.2 Å². The molecule has 0 radical (unpaired) electrons. The molecule has 3 aliphatic rings. The average Bonchev–Trinajstić information content (AvgIpc) is 3.39. The number of amides is 2. The number of benzene rings is 1. The molecular weight excluding hydrogens is 571 g/mol. The van der Waals surface area contributed by atoms with E-state index < -0.39 is 18.2 Å². The van der Waals surface area contributed by atoms with Crippen LogP contribution in [0, 0.1) is 9.49 Å². The number of nitrogens with zero attached hydrogens (tertiary/aromatic N) is 1. The van der Waals surface area contributed by atoms with E-state index in [0.717, 1.165) is 42.1 Å². The van der Waals surface area contributed by atoms with Crippen molar-refractivity contribution in [2.24, 2.45) is 5.92 Å². The second-order valence-corrected chi connectivity index (χ2v) is 11.6. The largest absolute Gasteiger partial charge is 0.482 e. The van der Waals surface area contributed by atoms with Crippen molar-refractivity contribution in [2.45, 2.75) is 94.9 Å². The minimum Gasteiger partial charge on any atom is -0.482 e. The van der Waals surface area contributed by atoms with Crippen LogP contribution in [0.4, 0.5) is 0 Å². The number of aliphatic hydroxyl groups excluding tert-OH is 2. The van der Waals surface area contributed by atoms with Crippen molar-refractivity contribution < 1.29 is 24.5 Å². The summed E-state index contributed by atoms with van der Waals surface area (Å²) >= 11 is 2.19. The summed E-state index contributed by atoms with van der Waals surface area (Å²) < 4.78 is 7.17. The minimum atomic E-state index is -0.954. The highest BCUT2D eigenvalue weighted by atomic mass is 127. The highest BCUT2D eigenvalue weighted by molar-refractivity contribution is 14.1. The van der Waals surface area contributed by atoms with E-state index in [2.05, 4.69) is 27.9 Å². The van der Waals surface area contributed by atoms with Gasteiger partial charge >= 0.3 is 0 Å². The number of rotatable bonds is 9. The zero-order valence-electron chi connectivity index (χ0n) is 20.9. The number of hydrogen-bond acceptors (Lipinski definition) is 5. The summed E-state index contributed by atoms with van der Waals surface area (Å²) in [6, 6.07) is 7.12. The molecule has 3 unspecified atom stereocenters. The van der Waals surface area contributed by atoms with Gasteiger partial charge in [0.05, 0.1) is 16.2 Å². The lowest BCUT2D eigenvalue weighted by atomic mass is 9.84. The Bertz CT molecular complexity index is 926. The highest BCUT2D eigenvalue weighted by Crippen LogP contribution is 2.35. The Kier molecular flexibility index (Phi) is 10.1. The van der Waals surface area contributed by atoms with Crippen molar-refractivity contribution in [3.8, 4) is 5.75 Å². The topological polar surface area (TPSA) is 99.1 Å². The fourth-order valence-corrected chi connectivity index (χ4v) is 6.53. The smallest absolute Gasteiger partial charge is 0.247 e. The molecule has 3 aliphatic carbocycles. The number of ether oxygens (including phenoxy) is 1. The van der Waals surface area contributed by atoms with Crippen molar-refractivity contribution in [3.63, 3.8) is 0 Å². The molecule has 2 fully saturated rings. The summed E-state index contributed by atoms with van der Waals surface area (Å²) in [6.45, 7) is -0.000261. The monoisotopic (exact) mass is 610 g/mol. The van der Waals surface area contributed by atoms with Crippen LogP contribution in [-0.4, -0.2) is 64.4 Å². The lowest BCUT2D eigenvalue weighted by Gasteiger charge is -2.45. The molecule has 0 spiro atoms. The van der Waals surface area contributed by atoms with Crippen LogP contribution in [0.3, 0.4) is 0 Å². The molecule has 2 saturated carbocycles. The van der Waals surface area contributed by atoms with Gasteiger partial charge in [0.25, 0.3) is 0 Å². The normalized spacial score (nSPS) is 25.3. The van der Waals surface area contributed by atoms with Crippen LogP contribution >= 0.6 is 22.6 Å². The van der Waals surface area contributed by atoms with Gasteiger partial charge in [-0.25, -0.2) is 0 Å². The van der Waals surface area contributed by atoms with Gasteiger partial charge in [0.15, 0.2) is 0 Å². The SMILES string of the molecule is O=C(NCCO)C1=CC(Oc2ccccc2I)C(O)C(N(C(=O)CC2CCCC2)C2CCCCC2)C1. The van der Waals surface area contributed by atoms with Crippen LogP contribution in [0.25, 0.3) is 0 Å². The van der Waals surface area contributed by atoms with E-state index in [4.69, 9.17) is 4.74 Å². The maximum absolute atomic E-state index is 13.8. The minimum absolute atomic E-state index is 0.0738. The van der Waals surface area contributed by atoms with Gasteiger partial charge in [-0.3, -0.25) is 9.59 Å². The van der Waals surface area contributed by atoms with Crippen molar-refractivity contribution in [2.75, 3.05) is 13.2 Å². The third kappa shape index (κ3) is 6.81. The van der Waals surface area contributed by atoms with Crippen molar-refractivity contribution in [1.82, 2.24) is 10.2 Å². The molecule has 0 aromatic heterocycles. The van der Waals surface area contributed by atoms with Crippen molar-refractivity contribution >= 4 is 34.4 Å². The molecule has 1 aromatic rings. The number of aliphatic hydroxyl groups is 2. The Morgan fingerprint density at radius 2 is 1.75 bits per heavy atom. The van der Waals surface area contributed by atoms with Crippen molar-refractivity contribution in [3.05, 3.63) is 39.5 Å². The molecule has 2 amide bonds. The van der Waals surface area contributed by atoms with Gasteiger partial charge in [0.2, 0.25) is 11.8 Å². The summed E-state index contributed by atoms with van der Waals surface area (Å²) in [5.74, 6) is 0.854. The first-order valence-electron chi connectivity index (χ1n) is 13.5. The summed E-state index contributed by atoms with van der Waals surface area (Å²) in [6.07, 6.45) is 10.5. The third-order valence-electron chi connectivity index (χ3n) is 7.87. The lowest BCUT2D eigenvalue weighted by Crippen LogP contribution is -2.58. The number of carbonyl (C=O) groups is 2. The molecule has 8 heteroatoms. The maximum atomic E-state index is 13.8. The molecule has 36 heavy (non-hydrogen) atoms. The number of carbonyl (C=O) groups excluding carboxylic acids is 2. The van der Waals surface area contributed by atoms with Gasteiger partial charge in [-0.15, -0.1) is 0 Å². The first kappa shape index (κ1) is 27.4. The number of halogens is 1. The molecule has 3 atom stereocenters. The van der Waals surface area contributed by atoms with Crippen LogP contribution in [0.2, 0.25) is 0 Å². The molecular formula is C28H39IN2O5. The predicted octanol–water partition coefficient (Wildman–Crippen LogP) is 3.95. The summed E-state index contributed by atoms with van der Waals surface area (Å²) in [5.41, 5.74) is 0.490. The Morgan fingerprint density at radius 3 is 2.44 bits per heavy atom. The standard InChI is InChI=1S/C28H39IN2O5/c29-22-12-6-7-13-24(22)36-25-18-20(28(35)30-14-15-32)17-23(27(25)34)31(21-10-2-1-3-11-21)26(33)16-19-8-4-5-9-19/h6-7,12-13,18-19,21,23,25,27,32,34H,1-5,8-11,14-17H2,(H,30,35). The predicted molar refractivity (Wildman–Crippen MR) is 146 cm³/mol. The molecule has 0 aliphatic heterocycles. The van der Waals surface area contributed by atoms with Crippen LogP contribution < -0.4 is 10.1 Å². The fourth-order valence-electron chi connectivity index (χ4n) is 6.02. The van der Waals surface area contributed by atoms with Gasteiger partial charge in [-0.1, -0.05) is 44.2 Å². The zero-order chi connectivity index (χ0) is 25.5. The number of para-hydroxylation sites is 1. The van der Waals surface area contributed by atoms with Gasteiger partial charge in [0.1, 0.15) is 18.0 Å². The van der Waals surface area contributed by atoms with Crippen LogP contribution in [0.1, 0.15) is 70.6 Å². The number of nitrogens with one attached hydrogen (secondary N) is 1. The average molecular weight is 611 g/mol. The van der Waals surface area contributed by atoms with E-state index in [9.17, 15) is 19.8 Å². The first-order valence-corrected chi connectivity index (χ1v) is 14.6. The molecule has 4 rings (SSSR count). The third-order valence-corrected chi connectivity index (χ3v) is 8.76. The highest BCUT2D eigenvalue weighted by Gasteiger charge is 2.43. The van der Waals surface area contributed by atoms with E-state index in [1.165, 1.54) is 19.3 Å². The molecule has 1 aromatic carbocycles. The summed E-state index contributed by atoms with van der Waals surface area (Å²) in [4.78, 5) is 28.8. The quantitative estimate of drug-likeness (QED) is 0.368. The second kappa shape index (κ2) is 13.2. The maximum Gasteiger partial charge on any atom is 0.247 e. The molecule has 0 heterocycles. The zero-order valence-corrected chi connectivity index (χ0v) is 23.1. The Labute approximate surface area is 227 Å². The molecule has 3 N–H and O–H groups in total. The second-order valence-electron chi connectivity index (χ2n) is 10.4. The van der Waals surface area contributed by atoms with E-state index in [1.54, 1.807) is 6.08 Å². The van der Waals surface area contributed by atoms with E-state index in [0.29, 0.717) is 23.7 Å². The lowest BCUT2D eigenvalue weighted by molar-refractivity contribution is -0.144. The van der Waals surface area contributed by atoms with Gasteiger partial charge in [-0.2, -0.15) is 0 Å². The van der Waals surface area contributed by atoms with E-state index in [-0.39, 0.29) is 37.4 Å². The summed E-state index contributed by atoms with van der Waals surface area (Å²) in [5, 5.41) is 23.6. The van der Waals surface area contributed by atoms with E-state index in [1.807, 2.05) is 29.2 Å². The van der Waals surface area contributed by atoms with Crippen LogP contribution in [-0.2, 0) is 9.59 Å². The Balaban J connectivity index is 1.64. The first-order chi connectivity index (χ1) is 17.5. The number of hydrogen-bond donors (Lipinski definition) is 3. The Hall–Kier alpha value is -1.65. The van der Waals surface area contributed by atoms with E-state index >= 15 is 0 Å². The van der Waals surface area contributed by atoms with Gasteiger partial charge in [-0.05, 0) is 72.4 Å².